The second kappa shape index (κ2) is 16.6. The summed E-state index contributed by atoms with van der Waals surface area (Å²) < 4.78 is 11.8. The van der Waals surface area contributed by atoms with Gasteiger partial charge >= 0.3 is 0 Å². The van der Waals surface area contributed by atoms with Gasteiger partial charge in [-0.1, -0.05) is 70.6 Å². The van der Waals surface area contributed by atoms with Crippen LogP contribution in [0.5, 0.6) is 0 Å². The van der Waals surface area contributed by atoms with Crippen molar-refractivity contribution in [3.05, 3.63) is 0 Å². The highest BCUT2D eigenvalue weighted by atomic mass is 19.1. The van der Waals surface area contributed by atoms with E-state index in [-0.39, 0.29) is 6.67 Å². The first-order valence-electron chi connectivity index (χ1n) is 7.82. The van der Waals surface area contributed by atoms with E-state index in [1.165, 1.54) is 64.2 Å². The monoisotopic (exact) mass is 257 g/mol. The highest BCUT2D eigenvalue weighted by Gasteiger charge is 1.94. The van der Waals surface area contributed by atoms with Crippen molar-refractivity contribution in [1.82, 2.24) is 0 Å². The average molecular weight is 257 g/mol. The molecule has 0 aliphatic carbocycles. The van der Waals surface area contributed by atoms with Gasteiger partial charge in [0.05, 0.1) is 6.67 Å². The van der Waals surface area contributed by atoms with Gasteiger partial charge in [0.25, 0.3) is 0 Å². The number of alkyl halides is 1. The molecule has 0 aromatic carbocycles. The first-order chi connectivity index (χ1) is 8.91. The summed E-state index contributed by atoms with van der Waals surface area (Å²) >= 11 is 0. The Morgan fingerprint density at radius 2 is 0.889 bits per heavy atom. The quantitative estimate of drug-likeness (QED) is 0.353. The van der Waals surface area contributed by atoms with Crippen LogP contribution in [-0.2, 0) is 4.79 Å². The Morgan fingerprint density at radius 3 is 1.22 bits per heavy atom. The first kappa shape index (κ1) is 17.6. The average Bonchev–Trinajstić information content (AvgIpc) is 2.39. The minimum Gasteiger partial charge on any atom is -0.291 e. The highest BCUT2D eigenvalue weighted by Crippen LogP contribution is 2.12. The number of hydrogen-bond acceptors (Lipinski definition) is 1. The second-order valence-corrected chi connectivity index (χ2v) is 5.18. The molecular formula is C16H30FO. The molecule has 0 aromatic rings. The zero-order chi connectivity index (χ0) is 13.3. The van der Waals surface area contributed by atoms with Crippen LogP contribution in [0.15, 0.2) is 0 Å². The van der Waals surface area contributed by atoms with Crippen molar-refractivity contribution in [1.29, 1.82) is 0 Å². The molecule has 0 aromatic heterocycles. The molecule has 0 fully saturated rings. The molecule has 1 nitrogen and oxygen atoms in total. The van der Waals surface area contributed by atoms with Crippen LogP contribution in [0.4, 0.5) is 4.39 Å². The SMILES string of the molecule is O=[C]CCCCCCCCCCCCCCCF. The van der Waals surface area contributed by atoms with Gasteiger partial charge in [-0.2, -0.15) is 0 Å². The molecule has 18 heavy (non-hydrogen) atoms. The van der Waals surface area contributed by atoms with Crippen LogP contribution in [0.25, 0.3) is 0 Å². The maximum Gasteiger partial charge on any atom is 0.198 e. The van der Waals surface area contributed by atoms with Gasteiger partial charge in [0.15, 0.2) is 6.29 Å². The Labute approximate surface area is 113 Å². The number of unbranched alkanes of at least 4 members (excludes halogenated alkanes) is 13. The zero-order valence-corrected chi connectivity index (χ0v) is 11.9. The molecule has 0 unspecified atom stereocenters. The smallest absolute Gasteiger partial charge is 0.198 e. The topological polar surface area (TPSA) is 17.1 Å². The Bertz CT molecular complexity index is 159. The Kier molecular flexibility index (Phi) is 16.2. The van der Waals surface area contributed by atoms with Crippen LogP contribution >= 0.6 is 0 Å². The van der Waals surface area contributed by atoms with Gasteiger partial charge < -0.3 is 0 Å². The molecule has 0 spiro atoms. The number of carbonyl (C=O) groups excluding carboxylic acids is 1. The number of rotatable bonds is 15. The van der Waals surface area contributed by atoms with E-state index >= 15 is 0 Å². The zero-order valence-electron chi connectivity index (χ0n) is 11.9. The third-order valence-corrected chi connectivity index (χ3v) is 3.41. The molecule has 0 heterocycles. The van der Waals surface area contributed by atoms with Crippen molar-refractivity contribution in [3.8, 4) is 0 Å². The van der Waals surface area contributed by atoms with Crippen LogP contribution in [0.1, 0.15) is 89.9 Å². The van der Waals surface area contributed by atoms with E-state index in [4.69, 9.17) is 0 Å². The van der Waals surface area contributed by atoms with Crippen LogP contribution in [0, 0.1) is 0 Å². The maximum atomic E-state index is 11.8. The third-order valence-electron chi connectivity index (χ3n) is 3.41. The van der Waals surface area contributed by atoms with Crippen LogP contribution in [0.2, 0.25) is 0 Å². The van der Waals surface area contributed by atoms with Crippen LogP contribution in [-0.4, -0.2) is 13.0 Å². The third kappa shape index (κ3) is 15.6. The lowest BCUT2D eigenvalue weighted by Crippen LogP contribution is -1.84. The predicted octanol–water partition coefficient (Wildman–Crippen LogP) is 5.53. The van der Waals surface area contributed by atoms with Gasteiger partial charge in [-0.05, 0) is 12.8 Å². The largest absolute Gasteiger partial charge is 0.291 e. The molecule has 0 atom stereocenters. The van der Waals surface area contributed by atoms with Crippen molar-refractivity contribution >= 4 is 6.29 Å². The molecular weight excluding hydrogens is 227 g/mol. The summed E-state index contributed by atoms with van der Waals surface area (Å²) in [6, 6.07) is 0. The minimum atomic E-state index is -0.148. The second-order valence-electron chi connectivity index (χ2n) is 5.18. The lowest BCUT2D eigenvalue weighted by Gasteiger charge is -2.02. The van der Waals surface area contributed by atoms with E-state index in [0.29, 0.717) is 6.42 Å². The molecule has 0 bridgehead atoms. The van der Waals surface area contributed by atoms with Gasteiger partial charge in [-0.3, -0.25) is 9.18 Å². The fourth-order valence-electron chi connectivity index (χ4n) is 2.24. The Morgan fingerprint density at radius 1 is 0.556 bits per heavy atom. The first-order valence-corrected chi connectivity index (χ1v) is 7.82. The minimum absolute atomic E-state index is 0.148. The van der Waals surface area contributed by atoms with E-state index in [1.807, 2.05) is 6.29 Å². The van der Waals surface area contributed by atoms with Crippen molar-refractivity contribution in [2.45, 2.75) is 89.9 Å². The molecule has 107 valence electrons. The summed E-state index contributed by atoms with van der Waals surface area (Å²) in [5.74, 6) is 0. The van der Waals surface area contributed by atoms with E-state index in [9.17, 15) is 9.18 Å². The summed E-state index contributed by atoms with van der Waals surface area (Å²) in [5, 5.41) is 0. The van der Waals surface area contributed by atoms with Crippen LogP contribution in [0.3, 0.4) is 0 Å². The van der Waals surface area contributed by atoms with Gasteiger partial charge in [0.1, 0.15) is 0 Å². The van der Waals surface area contributed by atoms with Crippen molar-refractivity contribution < 1.29 is 9.18 Å². The molecule has 0 aliphatic rings. The van der Waals surface area contributed by atoms with Gasteiger partial charge in [-0.15, -0.1) is 0 Å². The van der Waals surface area contributed by atoms with E-state index in [1.54, 1.807) is 0 Å². The fraction of sp³-hybridized carbons (Fsp3) is 0.938. The molecule has 0 aliphatic heterocycles. The molecule has 0 saturated heterocycles. The Hall–Kier alpha value is -0.400. The normalized spacial score (nSPS) is 10.7. The van der Waals surface area contributed by atoms with E-state index in [0.717, 1.165) is 19.3 Å². The molecule has 0 N–H and O–H groups in total. The summed E-state index contributed by atoms with van der Waals surface area (Å²) in [6.07, 6.45) is 18.3. The van der Waals surface area contributed by atoms with Crippen molar-refractivity contribution in [3.63, 3.8) is 0 Å². The summed E-state index contributed by atoms with van der Waals surface area (Å²) in [7, 11) is 0. The summed E-state index contributed by atoms with van der Waals surface area (Å²) in [5.41, 5.74) is 0. The Balaban J connectivity index is 2.88. The van der Waals surface area contributed by atoms with Crippen LogP contribution < -0.4 is 0 Å². The lowest BCUT2D eigenvalue weighted by atomic mass is 10.0. The molecule has 2 heteroatoms. The van der Waals surface area contributed by atoms with E-state index < -0.39 is 0 Å². The summed E-state index contributed by atoms with van der Waals surface area (Å²) in [6.45, 7) is -0.148. The van der Waals surface area contributed by atoms with Gasteiger partial charge in [0, 0.05) is 6.42 Å². The molecule has 0 rings (SSSR count). The number of hydrogen-bond donors (Lipinski definition) is 0. The summed E-state index contributed by atoms with van der Waals surface area (Å²) in [4.78, 5) is 9.98. The molecule has 0 saturated carbocycles. The lowest BCUT2D eigenvalue weighted by molar-refractivity contribution is 0.448. The maximum absolute atomic E-state index is 11.8. The van der Waals surface area contributed by atoms with Gasteiger partial charge in [-0.25, -0.2) is 0 Å². The highest BCUT2D eigenvalue weighted by molar-refractivity contribution is 5.50. The number of halogens is 1. The van der Waals surface area contributed by atoms with Crippen molar-refractivity contribution in [2.75, 3.05) is 6.67 Å². The predicted molar refractivity (Wildman–Crippen MR) is 76.3 cm³/mol. The van der Waals surface area contributed by atoms with E-state index in [2.05, 4.69) is 0 Å². The molecule has 1 radical (unpaired) electrons. The van der Waals surface area contributed by atoms with Crippen molar-refractivity contribution in [2.24, 2.45) is 0 Å². The van der Waals surface area contributed by atoms with Gasteiger partial charge in [0.2, 0.25) is 0 Å². The standard InChI is InChI=1S/C16H30FO/c17-15-13-11-9-7-5-3-1-2-4-6-8-10-12-14-16-18/h1-15H2. The molecule has 0 amide bonds. The fourth-order valence-corrected chi connectivity index (χ4v) is 2.24.